The maximum atomic E-state index is 12.3. The number of benzene rings is 1. The molecule has 1 aromatic carbocycles. The molecule has 0 aliphatic heterocycles. The third kappa shape index (κ3) is 2.90. The number of nitrogens with zero attached hydrogens (tertiary/aromatic N) is 3. The summed E-state index contributed by atoms with van der Waals surface area (Å²) in [6.07, 6.45) is 0. The molecule has 8 heteroatoms. The van der Waals surface area contributed by atoms with Gasteiger partial charge in [0.15, 0.2) is 5.69 Å². The van der Waals surface area contributed by atoms with Crippen LogP contribution >= 0.6 is 0 Å². The van der Waals surface area contributed by atoms with E-state index in [1.54, 1.807) is 38.1 Å². The number of nitrogens with two attached hydrogens (primary N) is 1. The van der Waals surface area contributed by atoms with Crippen LogP contribution in [0.15, 0.2) is 24.3 Å². The number of hydrogen-bond acceptors (Lipinski definition) is 5. The van der Waals surface area contributed by atoms with Gasteiger partial charge in [-0.05, 0) is 26.0 Å². The first-order chi connectivity index (χ1) is 10.5. The number of primary amides is 1. The normalized spacial score (nSPS) is 11.8. The molecule has 0 aliphatic carbocycles. The Morgan fingerprint density at radius 1 is 1.36 bits per heavy atom. The molecule has 0 saturated heterocycles. The van der Waals surface area contributed by atoms with Crippen molar-refractivity contribution >= 4 is 17.5 Å². The van der Waals surface area contributed by atoms with Crippen molar-refractivity contribution in [2.24, 2.45) is 5.73 Å². The first kappa shape index (κ1) is 15.5. The first-order valence-electron chi connectivity index (χ1n) is 6.61. The molecular weight excluding hydrogens is 286 g/mol. The molecule has 0 saturated carbocycles. The lowest BCUT2D eigenvalue weighted by Gasteiger charge is -2.15. The molecule has 2 aromatic rings. The van der Waals surface area contributed by atoms with E-state index in [9.17, 15) is 9.59 Å². The predicted molar refractivity (Wildman–Crippen MR) is 79.6 cm³/mol. The second-order valence-corrected chi connectivity index (χ2v) is 4.70. The van der Waals surface area contributed by atoms with Crippen LogP contribution in [-0.2, 0) is 4.79 Å². The van der Waals surface area contributed by atoms with Crippen molar-refractivity contribution in [3.05, 3.63) is 35.7 Å². The topological polar surface area (TPSA) is 112 Å². The Balaban J connectivity index is 2.21. The zero-order valence-corrected chi connectivity index (χ0v) is 12.5. The van der Waals surface area contributed by atoms with Crippen molar-refractivity contribution in [1.29, 1.82) is 0 Å². The Morgan fingerprint density at radius 3 is 2.64 bits per heavy atom. The van der Waals surface area contributed by atoms with Gasteiger partial charge in [-0.15, -0.1) is 5.10 Å². The van der Waals surface area contributed by atoms with Gasteiger partial charge in [0, 0.05) is 0 Å². The number of nitrogens with one attached hydrogen (secondary N) is 1. The lowest BCUT2D eigenvalue weighted by Crippen LogP contribution is -2.25. The summed E-state index contributed by atoms with van der Waals surface area (Å²) >= 11 is 0. The molecule has 8 nitrogen and oxygen atoms in total. The van der Waals surface area contributed by atoms with Gasteiger partial charge < -0.3 is 15.8 Å². The molecule has 2 amide bonds. The number of anilines is 1. The highest BCUT2D eigenvalue weighted by Crippen LogP contribution is 2.24. The Bertz CT molecular complexity index is 710. The summed E-state index contributed by atoms with van der Waals surface area (Å²) < 4.78 is 6.53. The minimum Gasteiger partial charge on any atom is -0.495 e. The van der Waals surface area contributed by atoms with Gasteiger partial charge in [-0.1, -0.05) is 17.3 Å². The zero-order valence-electron chi connectivity index (χ0n) is 12.5. The number of aromatic nitrogens is 3. The second-order valence-electron chi connectivity index (χ2n) is 4.70. The van der Waals surface area contributed by atoms with Crippen molar-refractivity contribution in [2.75, 3.05) is 12.4 Å². The van der Waals surface area contributed by atoms with Crippen LogP contribution in [0.2, 0.25) is 0 Å². The summed E-state index contributed by atoms with van der Waals surface area (Å²) in [7, 11) is 1.52. The molecule has 22 heavy (non-hydrogen) atoms. The summed E-state index contributed by atoms with van der Waals surface area (Å²) in [5.74, 6) is -0.439. The lowest BCUT2D eigenvalue weighted by molar-refractivity contribution is -0.119. The van der Waals surface area contributed by atoms with Crippen LogP contribution in [-0.4, -0.2) is 33.9 Å². The Morgan fingerprint density at radius 2 is 2.05 bits per heavy atom. The van der Waals surface area contributed by atoms with Gasteiger partial charge in [-0.3, -0.25) is 9.59 Å². The maximum Gasteiger partial charge on any atom is 0.271 e. The number of para-hydroxylation sites is 2. The van der Waals surface area contributed by atoms with E-state index < -0.39 is 11.9 Å². The molecule has 0 fully saturated rings. The molecule has 1 atom stereocenters. The zero-order chi connectivity index (χ0) is 16.3. The molecule has 0 bridgehead atoms. The van der Waals surface area contributed by atoms with E-state index in [4.69, 9.17) is 10.5 Å². The van der Waals surface area contributed by atoms with E-state index in [1.165, 1.54) is 11.8 Å². The van der Waals surface area contributed by atoms with Gasteiger partial charge in [0.1, 0.15) is 11.8 Å². The SMILES string of the molecule is COc1ccccc1NC(=O)C(C)n1nnc(C(N)=O)c1C. The van der Waals surface area contributed by atoms with Crippen LogP contribution in [0.1, 0.15) is 29.1 Å². The minimum absolute atomic E-state index is 0.0527. The largest absolute Gasteiger partial charge is 0.495 e. The average molecular weight is 303 g/mol. The van der Waals surface area contributed by atoms with Crippen molar-refractivity contribution < 1.29 is 14.3 Å². The van der Waals surface area contributed by atoms with Gasteiger partial charge in [-0.2, -0.15) is 0 Å². The molecular formula is C14H17N5O3. The van der Waals surface area contributed by atoms with Crippen LogP contribution in [0.25, 0.3) is 0 Å². The predicted octanol–water partition coefficient (Wildman–Crippen LogP) is 0.894. The van der Waals surface area contributed by atoms with E-state index in [-0.39, 0.29) is 11.6 Å². The van der Waals surface area contributed by atoms with Crippen LogP contribution in [0.4, 0.5) is 5.69 Å². The van der Waals surface area contributed by atoms with Crippen molar-refractivity contribution in [3.8, 4) is 5.75 Å². The van der Waals surface area contributed by atoms with E-state index in [2.05, 4.69) is 15.6 Å². The van der Waals surface area contributed by atoms with E-state index in [0.29, 0.717) is 17.1 Å². The average Bonchev–Trinajstić information content (AvgIpc) is 2.88. The third-order valence-corrected chi connectivity index (χ3v) is 3.27. The lowest BCUT2D eigenvalue weighted by atomic mass is 10.2. The fourth-order valence-corrected chi connectivity index (χ4v) is 2.03. The standard InChI is InChI=1S/C14H17N5O3/c1-8-12(13(15)20)17-18-19(8)9(2)14(21)16-10-6-4-5-7-11(10)22-3/h4-7,9H,1-3H3,(H2,15,20)(H,16,21). The quantitative estimate of drug-likeness (QED) is 0.852. The summed E-state index contributed by atoms with van der Waals surface area (Å²) in [5, 5.41) is 10.3. The summed E-state index contributed by atoms with van der Waals surface area (Å²) in [5.41, 5.74) is 6.24. The highest BCUT2D eigenvalue weighted by atomic mass is 16.5. The number of amides is 2. The fourth-order valence-electron chi connectivity index (χ4n) is 2.03. The molecule has 1 aromatic heterocycles. The summed E-state index contributed by atoms with van der Waals surface area (Å²) in [4.78, 5) is 23.5. The molecule has 1 unspecified atom stereocenters. The van der Waals surface area contributed by atoms with Gasteiger partial charge in [0.2, 0.25) is 5.91 Å². The van der Waals surface area contributed by atoms with E-state index >= 15 is 0 Å². The van der Waals surface area contributed by atoms with Crippen LogP contribution < -0.4 is 15.8 Å². The van der Waals surface area contributed by atoms with Crippen LogP contribution in [0.3, 0.4) is 0 Å². The highest BCUT2D eigenvalue weighted by Gasteiger charge is 2.22. The number of methoxy groups -OCH3 is 1. The third-order valence-electron chi connectivity index (χ3n) is 3.27. The van der Waals surface area contributed by atoms with Gasteiger partial charge >= 0.3 is 0 Å². The summed E-state index contributed by atoms with van der Waals surface area (Å²) in [6.45, 7) is 3.28. The van der Waals surface area contributed by atoms with Crippen LogP contribution in [0, 0.1) is 6.92 Å². The maximum absolute atomic E-state index is 12.3. The second kappa shape index (κ2) is 6.25. The summed E-state index contributed by atoms with van der Waals surface area (Å²) in [6, 6.07) is 6.40. The van der Waals surface area contributed by atoms with Crippen LogP contribution in [0.5, 0.6) is 5.75 Å². The smallest absolute Gasteiger partial charge is 0.271 e. The molecule has 3 N–H and O–H groups in total. The molecule has 0 aliphatic rings. The molecule has 1 heterocycles. The molecule has 116 valence electrons. The minimum atomic E-state index is -0.680. The van der Waals surface area contributed by atoms with E-state index in [0.717, 1.165) is 0 Å². The molecule has 2 rings (SSSR count). The van der Waals surface area contributed by atoms with Crippen molar-refractivity contribution in [3.63, 3.8) is 0 Å². The molecule has 0 radical (unpaired) electrons. The van der Waals surface area contributed by atoms with Gasteiger partial charge in [0.25, 0.3) is 5.91 Å². The van der Waals surface area contributed by atoms with Crippen molar-refractivity contribution in [1.82, 2.24) is 15.0 Å². The fraction of sp³-hybridized carbons (Fsp3) is 0.286. The van der Waals surface area contributed by atoms with E-state index in [1.807, 2.05) is 0 Å². The number of ether oxygens (including phenoxy) is 1. The van der Waals surface area contributed by atoms with Crippen molar-refractivity contribution in [2.45, 2.75) is 19.9 Å². The highest BCUT2D eigenvalue weighted by molar-refractivity contribution is 5.95. The number of hydrogen-bond donors (Lipinski definition) is 2. The Hall–Kier alpha value is -2.90. The number of carbonyl (C=O) groups is 2. The monoisotopic (exact) mass is 303 g/mol. The molecule has 0 spiro atoms. The Labute approximate surface area is 127 Å². The number of carbonyl (C=O) groups excluding carboxylic acids is 2. The van der Waals surface area contributed by atoms with Gasteiger partial charge in [-0.25, -0.2) is 4.68 Å². The van der Waals surface area contributed by atoms with Gasteiger partial charge in [0.05, 0.1) is 18.5 Å². The first-order valence-corrected chi connectivity index (χ1v) is 6.61. The number of rotatable bonds is 5. The Kier molecular flexibility index (Phi) is 4.40.